The Morgan fingerprint density at radius 2 is 2.42 bits per heavy atom. The van der Waals surface area contributed by atoms with Crippen LogP contribution in [0.3, 0.4) is 0 Å². The Bertz CT molecular complexity index is 442. The maximum atomic E-state index is 11.9. The minimum atomic E-state index is -0.357. The fourth-order valence-electron chi connectivity index (χ4n) is 2.12. The van der Waals surface area contributed by atoms with Gasteiger partial charge in [0.15, 0.2) is 0 Å². The van der Waals surface area contributed by atoms with E-state index in [0.29, 0.717) is 24.4 Å². The highest BCUT2D eigenvalue weighted by Crippen LogP contribution is 2.21. The van der Waals surface area contributed by atoms with Crippen molar-refractivity contribution < 1.29 is 14.3 Å². The van der Waals surface area contributed by atoms with Crippen molar-refractivity contribution in [1.82, 2.24) is 0 Å². The number of hydrogen-bond acceptors (Lipinski definition) is 5. The highest BCUT2D eigenvalue weighted by molar-refractivity contribution is 5.96. The zero-order valence-corrected chi connectivity index (χ0v) is 11.1. The second-order valence-electron chi connectivity index (χ2n) is 4.54. The van der Waals surface area contributed by atoms with Crippen LogP contribution < -0.4 is 11.1 Å². The van der Waals surface area contributed by atoms with Crippen molar-refractivity contribution in [3.8, 4) is 0 Å². The molecule has 1 saturated heterocycles. The van der Waals surface area contributed by atoms with Gasteiger partial charge in [-0.1, -0.05) is 0 Å². The molecule has 0 radical (unpaired) electrons. The summed E-state index contributed by atoms with van der Waals surface area (Å²) in [4.78, 5) is 11.9. The van der Waals surface area contributed by atoms with Gasteiger partial charge in [0.2, 0.25) is 0 Å². The zero-order chi connectivity index (χ0) is 13.7. The van der Waals surface area contributed by atoms with Gasteiger partial charge in [-0.05, 0) is 38.0 Å². The molecule has 0 aliphatic carbocycles. The van der Waals surface area contributed by atoms with Crippen LogP contribution in [-0.4, -0.2) is 31.8 Å². The first-order chi connectivity index (χ1) is 9.20. The Balaban J connectivity index is 2.07. The van der Waals surface area contributed by atoms with Crippen LogP contribution in [0.5, 0.6) is 0 Å². The molecule has 0 bridgehead atoms. The van der Waals surface area contributed by atoms with E-state index in [1.165, 1.54) is 0 Å². The number of carbonyl (C=O) groups is 1. The monoisotopic (exact) mass is 264 g/mol. The van der Waals surface area contributed by atoms with Crippen LogP contribution in [0.15, 0.2) is 18.2 Å². The summed E-state index contributed by atoms with van der Waals surface area (Å²) in [6.45, 7) is 3.64. The number of benzene rings is 1. The molecule has 104 valence electrons. The number of rotatable bonds is 5. The van der Waals surface area contributed by atoms with Gasteiger partial charge in [0.1, 0.15) is 0 Å². The first kappa shape index (κ1) is 13.7. The van der Waals surface area contributed by atoms with Crippen LogP contribution >= 0.6 is 0 Å². The molecule has 19 heavy (non-hydrogen) atoms. The Labute approximate surface area is 113 Å². The smallest absolute Gasteiger partial charge is 0.340 e. The molecule has 5 nitrogen and oxygen atoms in total. The minimum absolute atomic E-state index is 0.215. The van der Waals surface area contributed by atoms with Crippen LogP contribution in [0.2, 0.25) is 0 Å². The second kappa shape index (κ2) is 6.43. The normalized spacial score (nSPS) is 18.3. The lowest BCUT2D eigenvalue weighted by atomic mass is 10.1. The van der Waals surface area contributed by atoms with Gasteiger partial charge in [-0.25, -0.2) is 4.79 Å². The van der Waals surface area contributed by atoms with Crippen molar-refractivity contribution in [1.29, 1.82) is 0 Å². The molecule has 1 aliphatic rings. The quantitative estimate of drug-likeness (QED) is 0.629. The molecule has 1 aliphatic heterocycles. The standard InChI is InChI=1S/C14H20N2O3/c1-2-18-14(17)12-8-10(15)5-6-13(12)16-9-11-4-3-7-19-11/h5-6,8,11,16H,2-4,7,9,15H2,1H3/t11-/m1/s1. The third-order valence-corrected chi connectivity index (χ3v) is 3.08. The molecule has 5 heteroatoms. The molecule has 1 aromatic rings. The fourth-order valence-corrected chi connectivity index (χ4v) is 2.12. The van der Waals surface area contributed by atoms with E-state index in [9.17, 15) is 4.79 Å². The molecule has 1 fully saturated rings. The highest BCUT2D eigenvalue weighted by atomic mass is 16.5. The largest absolute Gasteiger partial charge is 0.462 e. The summed E-state index contributed by atoms with van der Waals surface area (Å²) in [5, 5.41) is 3.24. The average molecular weight is 264 g/mol. The number of ether oxygens (including phenoxy) is 2. The summed E-state index contributed by atoms with van der Waals surface area (Å²) in [5.41, 5.74) is 7.48. The van der Waals surface area contributed by atoms with E-state index < -0.39 is 0 Å². The molecule has 2 rings (SSSR count). The molecule has 0 amide bonds. The molecule has 0 unspecified atom stereocenters. The third kappa shape index (κ3) is 3.61. The number of nitrogen functional groups attached to an aromatic ring is 1. The Kier molecular flexibility index (Phi) is 4.63. The lowest BCUT2D eigenvalue weighted by Gasteiger charge is -2.15. The van der Waals surface area contributed by atoms with Crippen LogP contribution in [0.25, 0.3) is 0 Å². The van der Waals surface area contributed by atoms with E-state index in [4.69, 9.17) is 15.2 Å². The summed E-state index contributed by atoms with van der Waals surface area (Å²) in [6, 6.07) is 5.20. The van der Waals surface area contributed by atoms with E-state index in [2.05, 4.69) is 5.32 Å². The van der Waals surface area contributed by atoms with Crippen molar-refractivity contribution in [3.05, 3.63) is 23.8 Å². The molecule has 3 N–H and O–H groups in total. The Morgan fingerprint density at radius 3 is 3.11 bits per heavy atom. The second-order valence-corrected chi connectivity index (χ2v) is 4.54. The van der Waals surface area contributed by atoms with Crippen molar-refractivity contribution in [2.45, 2.75) is 25.9 Å². The molecule has 0 aromatic heterocycles. The van der Waals surface area contributed by atoms with Crippen molar-refractivity contribution >= 4 is 17.3 Å². The number of esters is 1. The van der Waals surface area contributed by atoms with E-state index in [1.54, 1.807) is 25.1 Å². The predicted molar refractivity (Wildman–Crippen MR) is 74.3 cm³/mol. The minimum Gasteiger partial charge on any atom is -0.462 e. The molecule has 1 atom stereocenters. The van der Waals surface area contributed by atoms with Crippen molar-refractivity contribution in [2.75, 3.05) is 30.8 Å². The van der Waals surface area contributed by atoms with E-state index in [0.717, 1.165) is 25.1 Å². The van der Waals surface area contributed by atoms with Crippen LogP contribution in [-0.2, 0) is 9.47 Å². The number of nitrogens with one attached hydrogen (secondary N) is 1. The van der Waals surface area contributed by atoms with Crippen molar-refractivity contribution in [2.24, 2.45) is 0 Å². The third-order valence-electron chi connectivity index (χ3n) is 3.08. The number of nitrogens with two attached hydrogens (primary N) is 1. The Morgan fingerprint density at radius 1 is 1.58 bits per heavy atom. The van der Waals surface area contributed by atoms with Crippen LogP contribution in [0.4, 0.5) is 11.4 Å². The first-order valence-electron chi connectivity index (χ1n) is 6.63. The summed E-state index contributed by atoms with van der Waals surface area (Å²) in [7, 11) is 0. The van der Waals surface area contributed by atoms with Crippen LogP contribution in [0, 0.1) is 0 Å². The highest BCUT2D eigenvalue weighted by Gasteiger charge is 2.17. The summed E-state index contributed by atoms with van der Waals surface area (Å²) >= 11 is 0. The first-order valence-corrected chi connectivity index (χ1v) is 6.63. The lowest BCUT2D eigenvalue weighted by molar-refractivity contribution is 0.0527. The molecule has 0 spiro atoms. The number of anilines is 2. The Hall–Kier alpha value is -1.75. The maximum absolute atomic E-state index is 11.9. The molecular weight excluding hydrogens is 244 g/mol. The van der Waals surface area contributed by atoms with Gasteiger partial charge in [-0.3, -0.25) is 0 Å². The molecule has 0 saturated carbocycles. The molecule has 1 heterocycles. The van der Waals surface area contributed by atoms with Gasteiger partial charge < -0.3 is 20.5 Å². The molecule has 1 aromatic carbocycles. The average Bonchev–Trinajstić information content (AvgIpc) is 2.90. The fraction of sp³-hybridized carbons (Fsp3) is 0.500. The number of carbonyl (C=O) groups excluding carboxylic acids is 1. The van der Waals surface area contributed by atoms with Gasteiger partial charge in [0.05, 0.1) is 18.3 Å². The number of hydrogen-bond donors (Lipinski definition) is 2. The maximum Gasteiger partial charge on any atom is 0.340 e. The van der Waals surface area contributed by atoms with Gasteiger partial charge in [-0.2, -0.15) is 0 Å². The summed E-state index contributed by atoms with van der Waals surface area (Å²) in [6.07, 6.45) is 2.36. The lowest BCUT2D eigenvalue weighted by Crippen LogP contribution is -2.20. The van der Waals surface area contributed by atoms with Gasteiger partial charge in [0, 0.05) is 24.5 Å². The van der Waals surface area contributed by atoms with Crippen LogP contribution in [0.1, 0.15) is 30.1 Å². The van der Waals surface area contributed by atoms with Crippen molar-refractivity contribution in [3.63, 3.8) is 0 Å². The van der Waals surface area contributed by atoms with Gasteiger partial charge >= 0.3 is 5.97 Å². The van der Waals surface area contributed by atoms with E-state index in [-0.39, 0.29) is 12.1 Å². The predicted octanol–water partition coefficient (Wildman–Crippen LogP) is 2.04. The topological polar surface area (TPSA) is 73.6 Å². The molecular formula is C14H20N2O3. The van der Waals surface area contributed by atoms with Gasteiger partial charge in [-0.15, -0.1) is 0 Å². The summed E-state index contributed by atoms with van der Waals surface area (Å²) in [5.74, 6) is -0.357. The zero-order valence-electron chi connectivity index (χ0n) is 11.1. The van der Waals surface area contributed by atoms with E-state index in [1.807, 2.05) is 0 Å². The van der Waals surface area contributed by atoms with Gasteiger partial charge in [0.25, 0.3) is 0 Å². The SMILES string of the molecule is CCOC(=O)c1cc(N)ccc1NC[C@H]1CCCO1. The summed E-state index contributed by atoms with van der Waals surface area (Å²) < 4.78 is 10.6. The van der Waals surface area contributed by atoms with E-state index >= 15 is 0 Å².